The molecular weight excluding hydrogens is 475 g/mol. The number of amides is 1. The minimum Gasteiger partial charge on any atom is -0.312 e. The molecule has 0 spiro atoms. The van der Waals surface area contributed by atoms with Gasteiger partial charge in [0.25, 0.3) is 0 Å². The SMILES string of the molecule is O=C1CCC(=O)N(CCCC[N+]2(OC(=O)C(F)(F)F)CCN(C3CCCCC3)CC2)c2ccccc21. The number of alkyl halides is 3. The summed E-state index contributed by atoms with van der Waals surface area (Å²) in [7, 11) is 0. The number of hydrogen-bond donors (Lipinski definition) is 0. The van der Waals surface area contributed by atoms with Gasteiger partial charge in [-0.15, -0.1) is 4.65 Å². The van der Waals surface area contributed by atoms with Crippen LogP contribution in [0.3, 0.4) is 0 Å². The van der Waals surface area contributed by atoms with Crippen LogP contribution >= 0.6 is 0 Å². The lowest BCUT2D eigenvalue weighted by Crippen LogP contribution is -2.62. The molecule has 3 aliphatic rings. The standard InChI is InChI=1S/C26H35F3N3O4/c27-26(28,29)25(35)36-32(18-15-30(16-19-32)20-8-2-1-3-9-20)17-7-6-14-31-22-11-5-4-10-21(22)23(33)12-13-24(31)34/h4-5,10-11,20H,1-3,6-9,12-19H2/q+1. The number of halogens is 3. The van der Waals surface area contributed by atoms with Gasteiger partial charge in [0.2, 0.25) is 5.91 Å². The Morgan fingerprint density at radius 2 is 1.69 bits per heavy atom. The monoisotopic (exact) mass is 510 g/mol. The summed E-state index contributed by atoms with van der Waals surface area (Å²) >= 11 is 0. The summed E-state index contributed by atoms with van der Waals surface area (Å²) in [6, 6.07) is 7.46. The van der Waals surface area contributed by atoms with Crippen LogP contribution in [0, 0.1) is 0 Å². The zero-order chi connectivity index (χ0) is 25.8. The number of anilines is 1. The van der Waals surface area contributed by atoms with Crippen LogP contribution in [-0.2, 0) is 14.4 Å². The Morgan fingerprint density at radius 3 is 2.39 bits per heavy atom. The fourth-order valence-electron chi connectivity index (χ4n) is 5.73. The number of para-hydroxylation sites is 1. The highest BCUT2D eigenvalue weighted by Gasteiger charge is 2.49. The van der Waals surface area contributed by atoms with E-state index in [1.165, 1.54) is 19.3 Å². The van der Waals surface area contributed by atoms with Gasteiger partial charge in [-0.3, -0.25) is 19.3 Å². The second kappa shape index (κ2) is 11.3. The average molecular weight is 511 g/mol. The summed E-state index contributed by atoms with van der Waals surface area (Å²) in [5.41, 5.74) is 1.10. The van der Waals surface area contributed by atoms with E-state index < -0.39 is 12.1 Å². The fraction of sp³-hybridized carbons (Fsp3) is 0.654. The number of benzene rings is 1. The van der Waals surface area contributed by atoms with Crippen LogP contribution in [0.15, 0.2) is 24.3 Å². The molecule has 1 amide bonds. The molecule has 1 saturated carbocycles. The number of carbonyl (C=O) groups is 3. The van der Waals surface area contributed by atoms with Gasteiger partial charge >= 0.3 is 12.1 Å². The van der Waals surface area contributed by atoms with E-state index in [9.17, 15) is 27.6 Å². The molecule has 0 unspecified atom stereocenters. The third kappa shape index (κ3) is 6.26. The van der Waals surface area contributed by atoms with Crippen LogP contribution in [0.4, 0.5) is 18.9 Å². The van der Waals surface area contributed by atoms with Gasteiger partial charge in [-0.1, -0.05) is 31.4 Å². The summed E-state index contributed by atoms with van der Waals surface area (Å²) in [5, 5.41) is 0. The van der Waals surface area contributed by atoms with E-state index in [2.05, 4.69) is 4.90 Å². The van der Waals surface area contributed by atoms with Gasteiger partial charge in [-0.05, 0) is 31.4 Å². The lowest BCUT2D eigenvalue weighted by molar-refractivity contribution is -1.09. The Balaban J connectivity index is 1.38. The molecule has 2 aliphatic heterocycles. The average Bonchev–Trinajstić information content (AvgIpc) is 2.99. The summed E-state index contributed by atoms with van der Waals surface area (Å²) < 4.78 is 38.8. The highest BCUT2D eigenvalue weighted by Crippen LogP contribution is 2.29. The molecular formula is C26H35F3N3O4+. The molecule has 0 atom stereocenters. The van der Waals surface area contributed by atoms with Gasteiger partial charge in [0.15, 0.2) is 5.78 Å². The molecule has 2 heterocycles. The van der Waals surface area contributed by atoms with Crippen molar-refractivity contribution in [1.29, 1.82) is 0 Å². The number of hydrogen-bond acceptors (Lipinski definition) is 5. The Morgan fingerprint density at radius 1 is 1.00 bits per heavy atom. The van der Waals surface area contributed by atoms with Crippen molar-refractivity contribution in [1.82, 2.24) is 4.90 Å². The summed E-state index contributed by atoms with van der Waals surface area (Å²) in [4.78, 5) is 45.9. The van der Waals surface area contributed by atoms with E-state index in [0.29, 0.717) is 62.9 Å². The number of quaternary nitrogens is 1. The maximum Gasteiger partial charge on any atom is 0.497 e. The fourth-order valence-corrected chi connectivity index (χ4v) is 5.73. The van der Waals surface area contributed by atoms with Crippen molar-refractivity contribution in [3.8, 4) is 0 Å². The number of hydroxylamine groups is 3. The number of carbonyl (C=O) groups excluding carboxylic acids is 3. The van der Waals surface area contributed by atoms with Crippen LogP contribution < -0.4 is 4.90 Å². The number of rotatable bonds is 7. The minimum absolute atomic E-state index is 0.0686. The molecule has 0 N–H and O–H groups in total. The summed E-state index contributed by atoms with van der Waals surface area (Å²) in [6.07, 6.45) is 2.05. The number of piperazine rings is 1. The third-order valence-electron chi connectivity index (χ3n) is 7.75. The van der Waals surface area contributed by atoms with Gasteiger partial charge < -0.3 is 4.90 Å². The van der Waals surface area contributed by atoms with E-state index in [4.69, 9.17) is 4.84 Å². The van der Waals surface area contributed by atoms with Crippen LogP contribution in [0.1, 0.15) is 68.1 Å². The molecule has 198 valence electrons. The first-order chi connectivity index (χ1) is 17.2. The Hall–Kier alpha value is -2.46. The maximum absolute atomic E-state index is 13.1. The van der Waals surface area contributed by atoms with Crippen molar-refractivity contribution in [2.75, 3.05) is 44.2 Å². The van der Waals surface area contributed by atoms with Crippen LogP contribution in [0.25, 0.3) is 0 Å². The number of fused-ring (bicyclic) bond motifs is 1. The van der Waals surface area contributed by atoms with Gasteiger partial charge in [0.1, 0.15) is 19.6 Å². The Kier molecular flexibility index (Phi) is 8.34. The van der Waals surface area contributed by atoms with Gasteiger partial charge in [-0.2, -0.15) is 13.2 Å². The highest BCUT2D eigenvalue weighted by molar-refractivity contribution is 6.10. The zero-order valence-corrected chi connectivity index (χ0v) is 20.6. The zero-order valence-electron chi connectivity index (χ0n) is 20.6. The lowest BCUT2D eigenvalue weighted by atomic mass is 9.94. The predicted octanol–water partition coefficient (Wildman–Crippen LogP) is 4.26. The Labute approximate surface area is 209 Å². The largest absolute Gasteiger partial charge is 0.497 e. The van der Waals surface area contributed by atoms with Gasteiger partial charge in [-0.25, -0.2) is 4.79 Å². The molecule has 1 aromatic carbocycles. The molecule has 10 heteroatoms. The van der Waals surface area contributed by atoms with Crippen molar-refractivity contribution < 1.29 is 37.0 Å². The van der Waals surface area contributed by atoms with Crippen molar-refractivity contribution in [3.05, 3.63) is 29.8 Å². The van der Waals surface area contributed by atoms with Gasteiger partial charge in [0, 0.05) is 37.4 Å². The first-order valence-corrected chi connectivity index (χ1v) is 13.0. The van der Waals surface area contributed by atoms with E-state index in [-0.39, 0.29) is 35.7 Å². The quantitative estimate of drug-likeness (QED) is 0.405. The molecule has 0 aromatic heterocycles. The summed E-state index contributed by atoms with van der Waals surface area (Å²) in [5.74, 6) is -2.36. The van der Waals surface area contributed by atoms with Crippen LogP contribution in [0.2, 0.25) is 0 Å². The molecule has 4 rings (SSSR count). The van der Waals surface area contributed by atoms with Gasteiger partial charge in [0.05, 0.1) is 18.8 Å². The molecule has 1 aromatic rings. The smallest absolute Gasteiger partial charge is 0.312 e. The van der Waals surface area contributed by atoms with Crippen LogP contribution in [-0.4, -0.2) is 78.7 Å². The number of nitrogens with zero attached hydrogens (tertiary/aromatic N) is 3. The van der Waals surface area contributed by atoms with E-state index in [1.807, 2.05) is 0 Å². The number of unbranched alkanes of at least 4 members (excludes halogenated alkanes) is 1. The highest BCUT2D eigenvalue weighted by atomic mass is 19.4. The maximum atomic E-state index is 13.1. The molecule has 1 aliphatic carbocycles. The number of ketones is 1. The van der Waals surface area contributed by atoms with Crippen LogP contribution in [0.5, 0.6) is 0 Å². The van der Waals surface area contributed by atoms with Crippen molar-refractivity contribution in [3.63, 3.8) is 0 Å². The summed E-state index contributed by atoms with van der Waals surface area (Å²) in [6.45, 7) is 2.43. The first-order valence-electron chi connectivity index (χ1n) is 13.0. The molecule has 7 nitrogen and oxygen atoms in total. The van der Waals surface area contributed by atoms with E-state index in [0.717, 1.165) is 12.8 Å². The molecule has 2 fully saturated rings. The lowest BCUT2D eigenvalue weighted by Gasteiger charge is -2.44. The second-order valence-electron chi connectivity index (χ2n) is 10.1. The van der Waals surface area contributed by atoms with E-state index >= 15 is 0 Å². The minimum atomic E-state index is -5.04. The Bertz CT molecular complexity index is 954. The topological polar surface area (TPSA) is 66.9 Å². The predicted molar refractivity (Wildman–Crippen MR) is 127 cm³/mol. The molecule has 36 heavy (non-hydrogen) atoms. The number of Topliss-reactive ketones (excluding diaryl/α,β-unsaturated/α-hetero) is 1. The first kappa shape index (κ1) is 26.6. The molecule has 1 saturated heterocycles. The normalized spacial score (nSPS) is 21.7. The van der Waals surface area contributed by atoms with Crippen molar-refractivity contribution in [2.45, 2.75) is 70.0 Å². The third-order valence-corrected chi connectivity index (χ3v) is 7.75. The molecule has 0 bridgehead atoms. The molecule has 0 radical (unpaired) electrons. The van der Waals surface area contributed by atoms with Crippen molar-refractivity contribution >= 4 is 23.3 Å². The second-order valence-corrected chi connectivity index (χ2v) is 10.1. The van der Waals surface area contributed by atoms with E-state index in [1.54, 1.807) is 29.2 Å². The van der Waals surface area contributed by atoms with Crippen molar-refractivity contribution in [2.24, 2.45) is 0 Å².